The summed E-state index contributed by atoms with van der Waals surface area (Å²) in [6.45, 7) is 1.63. The highest BCUT2D eigenvalue weighted by Crippen LogP contribution is 2.22. The van der Waals surface area contributed by atoms with Crippen LogP contribution in [0.25, 0.3) is 10.8 Å². The molecule has 0 heterocycles. The first-order chi connectivity index (χ1) is 13.9. The second-order valence-corrected chi connectivity index (χ2v) is 7.13. The summed E-state index contributed by atoms with van der Waals surface area (Å²) in [4.78, 5) is 36.4. The van der Waals surface area contributed by atoms with Crippen LogP contribution in [0.4, 0.5) is 5.69 Å². The van der Waals surface area contributed by atoms with E-state index in [1.807, 2.05) is 36.4 Å². The van der Waals surface area contributed by atoms with E-state index in [9.17, 15) is 14.4 Å². The van der Waals surface area contributed by atoms with Gasteiger partial charge in [0.25, 0.3) is 0 Å². The summed E-state index contributed by atoms with van der Waals surface area (Å²) in [7, 11) is 0. The molecule has 0 aromatic heterocycles. The van der Waals surface area contributed by atoms with Crippen molar-refractivity contribution in [3.8, 4) is 0 Å². The molecule has 2 amide bonds. The minimum atomic E-state index is -0.357. The zero-order valence-electron chi connectivity index (χ0n) is 16.0. The number of ketones is 1. The van der Waals surface area contributed by atoms with E-state index in [0.717, 1.165) is 16.3 Å². The SMILES string of the molecule is Cc1c(Cl)cccc1NC(=O)CNC(=O)CCC(=O)c1ccc2ccccc2c1. The minimum Gasteiger partial charge on any atom is -0.347 e. The van der Waals surface area contributed by atoms with E-state index < -0.39 is 0 Å². The number of halogens is 1. The maximum absolute atomic E-state index is 12.4. The summed E-state index contributed by atoms with van der Waals surface area (Å²) in [5, 5.41) is 7.84. The number of hydrogen-bond acceptors (Lipinski definition) is 3. The second kappa shape index (κ2) is 9.34. The number of anilines is 1. The topological polar surface area (TPSA) is 75.3 Å². The average molecular weight is 409 g/mol. The van der Waals surface area contributed by atoms with E-state index in [1.54, 1.807) is 31.2 Å². The summed E-state index contributed by atoms with van der Waals surface area (Å²) in [6.07, 6.45) is 0.105. The smallest absolute Gasteiger partial charge is 0.243 e. The van der Waals surface area contributed by atoms with Gasteiger partial charge in [0, 0.05) is 29.1 Å². The Balaban J connectivity index is 1.47. The lowest BCUT2D eigenvalue weighted by molar-refractivity contribution is -0.124. The molecule has 0 radical (unpaired) electrons. The van der Waals surface area contributed by atoms with Crippen molar-refractivity contribution in [2.24, 2.45) is 0 Å². The molecule has 0 saturated heterocycles. The van der Waals surface area contributed by atoms with Crippen LogP contribution in [0.5, 0.6) is 0 Å². The number of Topliss-reactive ketones (excluding diaryl/α,β-unsaturated/α-hetero) is 1. The Morgan fingerprint density at radius 1 is 0.862 bits per heavy atom. The van der Waals surface area contributed by atoms with Gasteiger partial charge >= 0.3 is 0 Å². The molecule has 6 heteroatoms. The molecule has 0 spiro atoms. The predicted octanol–water partition coefficient (Wildman–Crippen LogP) is 4.52. The molecule has 148 valence electrons. The van der Waals surface area contributed by atoms with Crippen LogP contribution in [0.1, 0.15) is 28.8 Å². The lowest BCUT2D eigenvalue weighted by atomic mass is 10.0. The van der Waals surface area contributed by atoms with E-state index in [4.69, 9.17) is 11.6 Å². The van der Waals surface area contributed by atoms with Crippen molar-refractivity contribution in [1.82, 2.24) is 5.32 Å². The predicted molar refractivity (Wildman–Crippen MR) is 115 cm³/mol. The van der Waals surface area contributed by atoms with Crippen LogP contribution in [0.3, 0.4) is 0 Å². The third-order valence-electron chi connectivity index (χ3n) is 4.64. The zero-order valence-corrected chi connectivity index (χ0v) is 16.8. The molecule has 3 aromatic carbocycles. The molecule has 0 atom stereocenters. The van der Waals surface area contributed by atoms with E-state index in [1.165, 1.54) is 0 Å². The average Bonchev–Trinajstić information content (AvgIpc) is 2.73. The highest BCUT2D eigenvalue weighted by molar-refractivity contribution is 6.31. The molecule has 0 saturated carbocycles. The van der Waals surface area contributed by atoms with Crippen molar-refractivity contribution in [2.75, 3.05) is 11.9 Å². The first kappa shape index (κ1) is 20.6. The van der Waals surface area contributed by atoms with Crippen LogP contribution in [0.15, 0.2) is 60.7 Å². The van der Waals surface area contributed by atoms with Gasteiger partial charge in [-0.3, -0.25) is 14.4 Å². The molecule has 0 aliphatic rings. The van der Waals surface area contributed by atoms with Crippen molar-refractivity contribution in [3.63, 3.8) is 0 Å². The van der Waals surface area contributed by atoms with Crippen molar-refractivity contribution in [1.29, 1.82) is 0 Å². The van der Waals surface area contributed by atoms with Gasteiger partial charge in [0.05, 0.1) is 6.54 Å². The van der Waals surface area contributed by atoms with Gasteiger partial charge in [-0.1, -0.05) is 54.1 Å². The monoisotopic (exact) mass is 408 g/mol. The largest absolute Gasteiger partial charge is 0.347 e. The zero-order chi connectivity index (χ0) is 20.8. The number of hydrogen-bond donors (Lipinski definition) is 2. The summed E-state index contributed by atoms with van der Waals surface area (Å²) in [5.41, 5.74) is 1.93. The molecule has 5 nitrogen and oxygen atoms in total. The number of fused-ring (bicyclic) bond motifs is 1. The van der Waals surface area contributed by atoms with Crippen molar-refractivity contribution in [3.05, 3.63) is 76.8 Å². The molecule has 0 bridgehead atoms. The fourth-order valence-electron chi connectivity index (χ4n) is 2.94. The highest BCUT2D eigenvalue weighted by Gasteiger charge is 2.12. The molecule has 0 aliphatic carbocycles. The molecule has 2 N–H and O–H groups in total. The summed E-state index contributed by atoms with van der Waals surface area (Å²) < 4.78 is 0. The number of carbonyl (C=O) groups excluding carboxylic acids is 3. The Morgan fingerprint density at radius 3 is 2.41 bits per heavy atom. The van der Waals surface area contributed by atoms with Gasteiger partial charge in [-0.2, -0.15) is 0 Å². The first-order valence-corrected chi connectivity index (χ1v) is 9.65. The molecule has 29 heavy (non-hydrogen) atoms. The lowest BCUT2D eigenvalue weighted by Crippen LogP contribution is -2.33. The number of carbonyl (C=O) groups is 3. The molecule has 3 rings (SSSR count). The van der Waals surface area contributed by atoms with Gasteiger partial charge in [-0.25, -0.2) is 0 Å². The molecular weight excluding hydrogens is 388 g/mol. The Bertz CT molecular complexity index is 1080. The van der Waals surface area contributed by atoms with E-state index in [2.05, 4.69) is 10.6 Å². The van der Waals surface area contributed by atoms with Crippen LogP contribution < -0.4 is 10.6 Å². The lowest BCUT2D eigenvalue weighted by Gasteiger charge is -2.10. The molecule has 3 aromatic rings. The number of amides is 2. The quantitative estimate of drug-likeness (QED) is 0.564. The number of benzene rings is 3. The summed E-state index contributed by atoms with van der Waals surface area (Å²) in [6, 6.07) is 18.5. The summed E-state index contributed by atoms with van der Waals surface area (Å²) in [5.74, 6) is -0.813. The van der Waals surface area contributed by atoms with Crippen LogP contribution in [0.2, 0.25) is 5.02 Å². The molecule has 0 unspecified atom stereocenters. The van der Waals surface area contributed by atoms with Crippen molar-refractivity contribution >= 4 is 45.7 Å². The third-order valence-corrected chi connectivity index (χ3v) is 5.05. The third kappa shape index (κ3) is 5.42. The normalized spacial score (nSPS) is 10.6. The van der Waals surface area contributed by atoms with Gasteiger partial charge in [-0.05, 0) is 41.5 Å². The maximum Gasteiger partial charge on any atom is 0.243 e. The molecule has 0 aliphatic heterocycles. The number of nitrogens with one attached hydrogen (secondary N) is 2. The Hall–Kier alpha value is -3.18. The van der Waals surface area contributed by atoms with E-state index >= 15 is 0 Å². The van der Waals surface area contributed by atoms with Crippen molar-refractivity contribution < 1.29 is 14.4 Å². The van der Waals surface area contributed by atoms with E-state index in [0.29, 0.717) is 16.3 Å². The van der Waals surface area contributed by atoms with Gasteiger partial charge in [-0.15, -0.1) is 0 Å². The van der Waals surface area contributed by atoms with Gasteiger partial charge in [0.15, 0.2) is 5.78 Å². The Labute approximate surface area is 174 Å². The standard InChI is InChI=1S/C23H21ClN2O3/c1-15-19(24)7-4-8-20(15)26-23(29)14-25-22(28)12-11-21(27)18-10-9-16-5-2-3-6-17(16)13-18/h2-10,13H,11-12,14H2,1H3,(H,25,28)(H,26,29). The molecule has 0 fully saturated rings. The minimum absolute atomic E-state index is 0.0229. The molecular formula is C23H21ClN2O3. The Kier molecular flexibility index (Phi) is 6.62. The Morgan fingerprint density at radius 2 is 1.62 bits per heavy atom. The first-order valence-electron chi connectivity index (χ1n) is 9.27. The summed E-state index contributed by atoms with van der Waals surface area (Å²) >= 11 is 6.03. The van der Waals surface area contributed by atoms with Gasteiger partial charge in [0.1, 0.15) is 0 Å². The van der Waals surface area contributed by atoms with Crippen molar-refractivity contribution in [2.45, 2.75) is 19.8 Å². The van der Waals surface area contributed by atoms with Gasteiger partial charge in [0.2, 0.25) is 11.8 Å². The maximum atomic E-state index is 12.4. The second-order valence-electron chi connectivity index (χ2n) is 6.72. The van der Waals surface area contributed by atoms with Crippen LogP contribution in [-0.4, -0.2) is 24.1 Å². The highest BCUT2D eigenvalue weighted by atomic mass is 35.5. The fourth-order valence-corrected chi connectivity index (χ4v) is 3.11. The van der Waals surface area contributed by atoms with E-state index in [-0.39, 0.29) is 37.0 Å². The van der Waals surface area contributed by atoms with Crippen LogP contribution in [0, 0.1) is 6.92 Å². The van der Waals surface area contributed by atoms with Gasteiger partial charge < -0.3 is 10.6 Å². The van der Waals surface area contributed by atoms with Crippen LogP contribution >= 0.6 is 11.6 Å². The fraction of sp³-hybridized carbons (Fsp3) is 0.174. The number of rotatable bonds is 7. The van der Waals surface area contributed by atoms with Crippen LogP contribution in [-0.2, 0) is 9.59 Å².